The molecular formula is C12H24O2. The van der Waals surface area contributed by atoms with Crippen molar-refractivity contribution in [3.8, 4) is 0 Å². The van der Waals surface area contributed by atoms with Crippen LogP contribution in [0, 0.1) is 0 Å². The van der Waals surface area contributed by atoms with Gasteiger partial charge in [-0.25, -0.2) is 10.2 Å². The number of unbranched alkanes of at least 4 members (excludes halogenated alkanes) is 9. The van der Waals surface area contributed by atoms with Gasteiger partial charge in [0.1, 0.15) is 0 Å². The van der Waals surface area contributed by atoms with E-state index in [-0.39, 0.29) is 13.2 Å². The molecule has 0 aromatic heterocycles. The van der Waals surface area contributed by atoms with Crippen LogP contribution in [0.1, 0.15) is 64.2 Å². The van der Waals surface area contributed by atoms with Crippen molar-refractivity contribution < 1.29 is 10.2 Å². The Hall–Kier alpha value is -0.0800. The van der Waals surface area contributed by atoms with Gasteiger partial charge in [0, 0.05) is 0 Å². The van der Waals surface area contributed by atoms with Crippen LogP contribution >= 0.6 is 0 Å². The van der Waals surface area contributed by atoms with Gasteiger partial charge in [-0.1, -0.05) is 51.4 Å². The zero-order chi connectivity index (χ0) is 10.5. The van der Waals surface area contributed by atoms with E-state index in [0.717, 1.165) is 25.7 Å². The van der Waals surface area contributed by atoms with Crippen molar-refractivity contribution in [1.29, 1.82) is 0 Å². The van der Waals surface area contributed by atoms with Crippen molar-refractivity contribution in [2.45, 2.75) is 64.2 Å². The molecule has 0 amide bonds. The van der Waals surface area contributed by atoms with Gasteiger partial charge < -0.3 is 0 Å². The fourth-order valence-electron chi connectivity index (χ4n) is 1.62. The number of rotatable bonds is 11. The van der Waals surface area contributed by atoms with E-state index in [9.17, 15) is 10.2 Å². The molecule has 0 aliphatic rings. The lowest BCUT2D eigenvalue weighted by molar-refractivity contribution is 0.185. The van der Waals surface area contributed by atoms with Gasteiger partial charge >= 0.3 is 0 Å². The summed E-state index contributed by atoms with van der Waals surface area (Å²) in [6, 6.07) is 0. The van der Waals surface area contributed by atoms with Crippen LogP contribution in [0.25, 0.3) is 0 Å². The highest BCUT2D eigenvalue weighted by atomic mass is 16.3. The Morgan fingerprint density at radius 3 is 0.786 bits per heavy atom. The molecule has 0 aliphatic carbocycles. The smallest absolute Gasteiger partial charge is 0.0822 e. The minimum absolute atomic E-state index is 0.0925. The number of hydrogen-bond donors (Lipinski definition) is 0. The average Bonchev–Trinajstić information content (AvgIpc) is 2.21. The lowest BCUT2D eigenvalue weighted by atomic mass is 10.1. The molecule has 2 heteroatoms. The molecule has 0 aromatic carbocycles. The molecule has 0 rings (SSSR count). The Kier molecular flexibility index (Phi) is 12.8. The fourth-order valence-corrected chi connectivity index (χ4v) is 1.62. The van der Waals surface area contributed by atoms with Gasteiger partial charge in [0.2, 0.25) is 0 Å². The summed E-state index contributed by atoms with van der Waals surface area (Å²) >= 11 is 0. The average molecular weight is 200 g/mol. The maximum atomic E-state index is 10.1. The van der Waals surface area contributed by atoms with Crippen molar-refractivity contribution in [3.63, 3.8) is 0 Å². The molecule has 0 aromatic rings. The lowest BCUT2D eigenvalue weighted by Crippen LogP contribution is -1.84. The van der Waals surface area contributed by atoms with Gasteiger partial charge in [0.05, 0.1) is 13.2 Å². The van der Waals surface area contributed by atoms with E-state index in [1.54, 1.807) is 0 Å². The van der Waals surface area contributed by atoms with E-state index in [1.807, 2.05) is 0 Å². The maximum Gasteiger partial charge on any atom is 0.0822 e. The Labute approximate surface area is 88.3 Å². The van der Waals surface area contributed by atoms with Gasteiger partial charge in [-0.15, -0.1) is 0 Å². The Morgan fingerprint density at radius 1 is 0.357 bits per heavy atom. The molecule has 2 nitrogen and oxygen atoms in total. The minimum Gasteiger partial charge on any atom is -0.237 e. The van der Waals surface area contributed by atoms with E-state index >= 15 is 0 Å². The molecule has 0 heterocycles. The van der Waals surface area contributed by atoms with E-state index in [0.29, 0.717) is 0 Å². The van der Waals surface area contributed by atoms with Crippen LogP contribution in [0.15, 0.2) is 0 Å². The second-order valence-corrected chi connectivity index (χ2v) is 3.94. The van der Waals surface area contributed by atoms with Crippen LogP contribution < -0.4 is 0 Å². The van der Waals surface area contributed by atoms with Crippen molar-refractivity contribution in [2.75, 3.05) is 13.2 Å². The van der Waals surface area contributed by atoms with Crippen LogP contribution in [-0.4, -0.2) is 13.2 Å². The molecule has 0 bridgehead atoms. The SMILES string of the molecule is [O]CCCCCCCCCCCC[O]. The summed E-state index contributed by atoms with van der Waals surface area (Å²) in [6.07, 6.45) is 11.5. The molecule has 0 fully saturated rings. The predicted molar refractivity (Wildman–Crippen MR) is 57.3 cm³/mol. The third-order valence-electron chi connectivity index (χ3n) is 2.54. The first-order valence-corrected chi connectivity index (χ1v) is 6.08. The van der Waals surface area contributed by atoms with Crippen molar-refractivity contribution in [3.05, 3.63) is 0 Å². The molecular weight excluding hydrogens is 176 g/mol. The van der Waals surface area contributed by atoms with Crippen LogP contribution in [-0.2, 0) is 10.2 Å². The second kappa shape index (κ2) is 12.9. The molecule has 14 heavy (non-hydrogen) atoms. The highest BCUT2D eigenvalue weighted by molar-refractivity contribution is 4.47. The summed E-state index contributed by atoms with van der Waals surface area (Å²) in [7, 11) is 0. The third kappa shape index (κ3) is 11.9. The zero-order valence-electron chi connectivity index (χ0n) is 9.30. The summed E-state index contributed by atoms with van der Waals surface area (Å²) in [6.45, 7) is 0.185. The third-order valence-corrected chi connectivity index (χ3v) is 2.54. The van der Waals surface area contributed by atoms with E-state index in [4.69, 9.17) is 0 Å². The van der Waals surface area contributed by atoms with Crippen LogP contribution in [0.5, 0.6) is 0 Å². The van der Waals surface area contributed by atoms with E-state index in [1.165, 1.54) is 38.5 Å². The lowest BCUT2D eigenvalue weighted by Gasteiger charge is -2.00. The fraction of sp³-hybridized carbons (Fsp3) is 1.00. The quantitative estimate of drug-likeness (QED) is 0.456. The first-order valence-electron chi connectivity index (χ1n) is 6.08. The van der Waals surface area contributed by atoms with Crippen molar-refractivity contribution >= 4 is 0 Å². The predicted octanol–water partition coefficient (Wildman–Crippen LogP) is 3.75. The molecule has 0 unspecified atom stereocenters. The molecule has 0 N–H and O–H groups in total. The first-order chi connectivity index (χ1) is 6.91. The summed E-state index contributed by atoms with van der Waals surface area (Å²) in [5, 5.41) is 20.3. The maximum absolute atomic E-state index is 10.1. The second-order valence-electron chi connectivity index (χ2n) is 3.94. The van der Waals surface area contributed by atoms with Gasteiger partial charge in [-0.3, -0.25) is 0 Å². The minimum atomic E-state index is 0.0925. The van der Waals surface area contributed by atoms with Crippen LogP contribution in [0.2, 0.25) is 0 Å². The van der Waals surface area contributed by atoms with E-state index < -0.39 is 0 Å². The molecule has 0 saturated heterocycles. The van der Waals surface area contributed by atoms with Crippen molar-refractivity contribution in [2.24, 2.45) is 0 Å². The number of hydrogen-bond acceptors (Lipinski definition) is 0. The standard InChI is InChI=1S/C12H24O2/c13-11-9-7-5-3-1-2-4-6-8-10-12-14/h1-12H2. The normalized spacial score (nSPS) is 10.7. The highest BCUT2D eigenvalue weighted by Crippen LogP contribution is 2.10. The van der Waals surface area contributed by atoms with Gasteiger partial charge in [-0.2, -0.15) is 0 Å². The molecule has 0 atom stereocenters. The highest BCUT2D eigenvalue weighted by Gasteiger charge is 1.92. The monoisotopic (exact) mass is 200 g/mol. The molecule has 0 saturated carbocycles. The van der Waals surface area contributed by atoms with Gasteiger partial charge in [-0.05, 0) is 12.8 Å². The summed E-state index contributed by atoms with van der Waals surface area (Å²) in [5.74, 6) is 0. The summed E-state index contributed by atoms with van der Waals surface area (Å²) in [5.41, 5.74) is 0. The van der Waals surface area contributed by atoms with Crippen LogP contribution in [0.4, 0.5) is 0 Å². The largest absolute Gasteiger partial charge is 0.237 e. The summed E-state index contributed by atoms with van der Waals surface area (Å²) < 4.78 is 0. The molecule has 0 spiro atoms. The zero-order valence-corrected chi connectivity index (χ0v) is 9.30. The van der Waals surface area contributed by atoms with Gasteiger partial charge in [0.15, 0.2) is 0 Å². The molecule has 2 radical (unpaired) electrons. The van der Waals surface area contributed by atoms with Crippen molar-refractivity contribution in [1.82, 2.24) is 0 Å². The topological polar surface area (TPSA) is 39.8 Å². The first kappa shape index (κ1) is 13.9. The molecule has 84 valence electrons. The molecule has 0 aliphatic heterocycles. The van der Waals surface area contributed by atoms with Gasteiger partial charge in [0.25, 0.3) is 0 Å². The Balaban J connectivity index is 2.78. The summed E-state index contributed by atoms with van der Waals surface area (Å²) in [4.78, 5) is 0. The Bertz CT molecular complexity index is 82.3. The van der Waals surface area contributed by atoms with Crippen LogP contribution in [0.3, 0.4) is 0 Å². The van der Waals surface area contributed by atoms with E-state index in [2.05, 4.69) is 0 Å². The Morgan fingerprint density at radius 2 is 0.571 bits per heavy atom.